The summed E-state index contributed by atoms with van der Waals surface area (Å²) in [7, 11) is -7.33. The number of hydrogen-bond acceptors (Lipinski definition) is 5. The van der Waals surface area contributed by atoms with Gasteiger partial charge in [-0.25, -0.2) is 25.9 Å². The van der Waals surface area contributed by atoms with Gasteiger partial charge in [-0.05, 0) is 36.6 Å². The standard InChI is InChI=1S/C14H20N2O5S2/c1-10(2)9-15-23(20,21)13-5-4-12(8-11(13)3)16-14(17)6-7-22(16,18)19/h4-5,8,10,15H,6-7,9H2,1-3H3. The van der Waals surface area contributed by atoms with Gasteiger partial charge in [0.05, 0.1) is 16.3 Å². The SMILES string of the molecule is Cc1cc(N2C(=O)CCS2(=O)=O)ccc1S(=O)(=O)NCC(C)C. The summed E-state index contributed by atoms with van der Waals surface area (Å²) >= 11 is 0. The molecule has 0 aromatic heterocycles. The van der Waals surface area contributed by atoms with E-state index in [1.807, 2.05) is 13.8 Å². The number of carbonyl (C=O) groups is 1. The smallest absolute Gasteiger partial charge is 0.242 e. The van der Waals surface area contributed by atoms with Gasteiger partial charge in [-0.3, -0.25) is 4.79 Å². The summed E-state index contributed by atoms with van der Waals surface area (Å²) in [5.74, 6) is -0.560. The van der Waals surface area contributed by atoms with Gasteiger partial charge in [0.1, 0.15) is 0 Å². The van der Waals surface area contributed by atoms with Gasteiger partial charge in [0, 0.05) is 13.0 Å². The van der Waals surface area contributed by atoms with Crippen LogP contribution in [-0.2, 0) is 24.8 Å². The fraction of sp³-hybridized carbons (Fsp3) is 0.500. The van der Waals surface area contributed by atoms with E-state index in [2.05, 4.69) is 4.72 Å². The molecule has 9 heteroatoms. The zero-order chi connectivity index (χ0) is 17.4. The predicted octanol–water partition coefficient (Wildman–Crippen LogP) is 0.996. The van der Waals surface area contributed by atoms with Gasteiger partial charge >= 0.3 is 0 Å². The Hall–Kier alpha value is -1.45. The van der Waals surface area contributed by atoms with Crippen molar-refractivity contribution in [2.75, 3.05) is 16.6 Å². The third-order valence-corrected chi connectivity index (χ3v) is 6.72. The minimum Gasteiger partial charge on any atom is -0.273 e. The molecule has 0 unspecified atom stereocenters. The normalized spacial score (nSPS) is 17.9. The van der Waals surface area contributed by atoms with Gasteiger partial charge in [0.25, 0.3) is 0 Å². The average molecular weight is 360 g/mol. The topological polar surface area (TPSA) is 101 Å². The summed E-state index contributed by atoms with van der Waals surface area (Å²) in [6.07, 6.45) is -0.0582. The molecule has 2 rings (SSSR count). The lowest BCUT2D eigenvalue weighted by Crippen LogP contribution is -2.30. The first kappa shape index (κ1) is 17.9. The van der Waals surface area contributed by atoms with E-state index in [4.69, 9.17) is 0 Å². The second-order valence-corrected chi connectivity index (χ2v) is 9.59. The Balaban J connectivity index is 2.37. The van der Waals surface area contributed by atoms with E-state index in [1.54, 1.807) is 6.92 Å². The molecule has 0 spiro atoms. The number of aryl methyl sites for hydroxylation is 1. The first-order valence-electron chi connectivity index (χ1n) is 7.21. The van der Waals surface area contributed by atoms with Crippen LogP contribution in [-0.4, -0.2) is 35.0 Å². The molecule has 1 N–H and O–H groups in total. The van der Waals surface area contributed by atoms with Crippen molar-refractivity contribution in [3.63, 3.8) is 0 Å². The number of anilines is 1. The number of nitrogens with one attached hydrogen (secondary N) is 1. The van der Waals surface area contributed by atoms with Crippen LogP contribution in [0.15, 0.2) is 23.1 Å². The summed E-state index contributed by atoms with van der Waals surface area (Å²) in [6, 6.07) is 4.08. The summed E-state index contributed by atoms with van der Waals surface area (Å²) < 4.78 is 51.6. The van der Waals surface area contributed by atoms with Crippen molar-refractivity contribution < 1.29 is 21.6 Å². The van der Waals surface area contributed by atoms with Gasteiger partial charge in [-0.1, -0.05) is 13.8 Å². The molecule has 0 aliphatic carbocycles. The van der Waals surface area contributed by atoms with Crippen molar-refractivity contribution in [3.8, 4) is 0 Å². The van der Waals surface area contributed by atoms with Gasteiger partial charge in [0.15, 0.2) is 0 Å². The zero-order valence-electron chi connectivity index (χ0n) is 13.2. The Labute approximate surface area is 136 Å². The molecule has 1 fully saturated rings. The number of nitrogens with zero attached hydrogens (tertiary/aromatic N) is 1. The molecule has 23 heavy (non-hydrogen) atoms. The highest BCUT2D eigenvalue weighted by Crippen LogP contribution is 2.28. The molecule has 0 atom stereocenters. The fourth-order valence-electron chi connectivity index (χ4n) is 2.28. The molecule has 0 radical (unpaired) electrons. The first-order chi connectivity index (χ1) is 10.5. The van der Waals surface area contributed by atoms with Crippen LogP contribution in [0, 0.1) is 12.8 Å². The second kappa shape index (κ2) is 6.21. The number of hydrogen-bond donors (Lipinski definition) is 1. The molecule has 1 saturated heterocycles. The molecule has 7 nitrogen and oxygen atoms in total. The van der Waals surface area contributed by atoms with Crippen molar-refractivity contribution in [1.29, 1.82) is 0 Å². The van der Waals surface area contributed by atoms with Crippen LogP contribution >= 0.6 is 0 Å². The Morgan fingerprint density at radius 1 is 1.30 bits per heavy atom. The van der Waals surface area contributed by atoms with E-state index < -0.39 is 26.0 Å². The van der Waals surface area contributed by atoms with E-state index in [0.717, 1.165) is 4.31 Å². The van der Waals surface area contributed by atoms with Crippen molar-refractivity contribution >= 4 is 31.6 Å². The monoisotopic (exact) mass is 360 g/mol. The molecular weight excluding hydrogens is 340 g/mol. The lowest BCUT2D eigenvalue weighted by Gasteiger charge is -2.17. The number of carbonyl (C=O) groups excluding carboxylic acids is 1. The Bertz CT molecular complexity index is 829. The summed E-state index contributed by atoms with van der Waals surface area (Å²) in [4.78, 5) is 11.9. The highest BCUT2D eigenvalue weighted by Gasteiger charge is 2.36. The van der Waals surface area contributed by atoms with Crippen LogP contribution in [0.1, 0.15) is 25.8 Å². The van der Waals surface area contributed by atoms with Gasteiger partial charge in [-0.2, -0.15) is 0 Å². The van der Waals surface area contributed by atoms with E-state index in [1.165, 1.54) is 18.2 Å². The quantitative estimate of drug-likeness (QED) is 0.844. The Kier molecular flexibility index (Phi) is 4.84. The molecule has 1 aromatic carbocycles. The van der Waals surface area contributed by atoms with Crippen LogP contribution in [0.3, 0.4) is 0 Å². The van der Waals surface area contributed by atoms with E-state index >= 15 is 0 Å². The van der Waals surface area contributed by atoms with Crippen molar-refractivity contribution in [3.05, 3.63) is 23.8 Å². The predicted molar refractivity (Wildman–Crippen MR) is 87.1 cm³/mol. The van der Waals surface area contributed by atoms with Crippen LogP contribution in [0.4, 0.5) is 5.69 Å². The number of amides is 1. The number of sulfonamides is 2. The molecule has 0 saturated carbocycles. The third kappa shape index (κ3) is 3.73. The summed E-state index contributed by atoms with van der Waals surface area (Å²) in [5.41, 5.74) is 0.557. The maximum Gasteiger partial charge on any atom is 0.242 e. The van der Waals surface area contributed by atoms with Gasteiger partial charge in [0.2, 0.25) is 26.0 Å². The average Bonchev–Trinajstić information content (AvgIpc) is 2.70. The lowest BCUT2D eigenvalue weighted by molar-refractivity contribution is -0.116. The molecule has 1 aromatic rings. The van der Waals surface area contributed by atoms with Crippen molar-refractivity contribution in [2.24, 2.45) is 5.92 Å². The van der Waals surface area contributed by atoms with Crippen LogP contribution in [0.5, 0.6) is 0 Å². The minimum atomic E-state index is -3.67. The molecule has 128 valence electrons. The maximum absolute atomic E-state index is 12.3. The summed E-state index contributed by atoms with van der Waals surface area (Å²) in [6.45, 7) is 5.66. The van der Waals surface area contributed by atoms with Gasteiger partial charge in [-0.15, -0.1) is 0 Å². The maximum atomic E-state index is 12.3. The van der Waals surface area contributed by atoms with E-state index in [0.29, 0.717) is 12.1 Å². The largest absolute Gasteiger partial charge is 0.273 e. The molecule has 1 aliphatic heterocycles. The number of benzene rings is 1. The highest BCUT2D eigenvalue weighted by atomic mass is 32.2. The van der Waals surface area contributed by atoms with E-state index in [9.17, 15) is 21.6 Å². The van der Waals surface area contributed by atoms with Crippen molar-refractivity contribution in [2.45, 2.75) is 32.1 Å². The Morgan fingerprint density at radius 3 is 2.43 bits per heavy atom. The number of rotatable bonds is 5. The zero-order valence-corrected chi connectivity index (χ0v) is 14.9. The third-order valence-electron chi connectivity index (χ3n) is 3.44. The molecule has 1 heterocycles. The highest BCUT2D eigenvalue weighted by molar-refractivity contribution is 7.94. The molecular formula is C14H20N2O5S2. The van der Waals surface area contributed by atoms with Crippen molar-refractivity contribution in [1.82, 2.24) is 4.72 Å². The molecule has 0 bridgehead atoms. The molecule has 1 aliphatic rings. The minimum absolute atomic E-state index is 0.0582. The van der Waals surface area contributed by atoms with Gasteiger partial charge < -0.3 is 0 Å². The second-order valence-electron chi connectivity index (χ2n) is 5.92. The first-order valence-corrected chi connectivity index (χ1v) is 10.3. The fourth-order valence-corrected chi connectivity index (χ4v) is 5.17. The lowest BCUT2D eigenvalue weighted by atomic mass is 10.2. The van der Waals surface area contributed by atoms with E-state index in [-0.39, 0.29) is 28.7 Å². The molecule has 1 amide bonds. The van der Waals surface area contributed by atoms with Crippen LogP contribution < -0.4 is 9.03 Å². The van der Waals surface area contributed by atoms with Crippen LogP contribution in [0.25, 0.3) is 0 Å². The van der Waals surface area contributed by atoms with Crippen LogP contribution in [0.2, 0.25) is 0 Å². The summed E-state index contributed by atoms with van der Waals surface area (Å²) in [5, 5.41) is 0. The Morgan fingerprint density at radius 2 is 1.96 bits per heavy atom.